The van der Waals surface area contributed by atoms with Crippen molar-refractivity contribution in [3.05, 3.63) is 52.2 Å². The van der Waals surface area contributed by atoms with Crippen molar-refractivity contribution in [3.63, 3.8) is 0 Å². The van der Waals surface area contributed by atoms with Crippen molar-refractivity contribution in [3.8, 4) is 0 Å². The van der Waals surface area contributed by atoms with Crippen LogP contribution in [0.3, 0.4) is 0 Å². The highest BCUT2D eigenvalue weighted by atomic mass is 32.2. The summed E-state index contributed by atoms with van der Waals surface area (Å²) >= 11 is 1.50. The van der Waals surface area contributed by atoms with E-state index in [1.54, 1.807) is 18.2 Å². The van der Waals surface area contributed by atoms with E-state index in [0.29, 0.717) is 5.56 Å². The molecule has 0 unspecified atom stereocenters. The first-order valence-electron chi connectivity index (χ1n) is 6.91. The summed E-state index contributed by atoms with van der Waals surface area (Å²) in [6, 6.07) is 10.4. The van der Waals surface area contributed by atoms with Crippen LogP contribution < -0.4 is 4.72 Å². The Balaban J connectivity index is 1.56. The number of nitrogens with zero attached hydrogens (tertiary/aromatic N) is 1. The molecule has 2 heterocycles. The van der Waals surface area contributed by atoms with Crippen LogP contribution in [0.1, 0.15) is 10.4 Å². The van der Waals surface area contributed by atoms with E-state index >= 15 is 0 Å². The maximum atomic E-state index is 11.9. The highest BCUT2D eigenvalue weighted by Gasteiger charge is 2.29. The summed E-state index contributed by atoms with van der Waals surface area (Å²) in [6.07, 6.45) is 0.240. The van der Waals surface area contributed by atoms with Crippen molar-refractivity contribution in [2.45, 2.75) is 11.3 Å². The lowest BCUT2D eigenvalue weighted by atomic mass is 10.2. The Labute approximate surface area is 137 Å². The number of nitrogens with one attached hydrogen (secondary N) is 1. The molecule has 0 atom stereocenters. The molecule has 1 aliphatic rings. The first kappa shape index (κ1) is 15.7. The number of hydrogen-bond acceptors (Lipinski definition) is 6. The van der Waals surface area contributed by atoms with Crippen molar-refractivity contribution in [1.29, 1.82) is 0 Å². The van der Waals surface area contributed by atoms with Gasteiger partial charge in [0.1, 0.15) is 12.4 Å². The number of ether oxygens (including phenoxy) is 1. The fraction of sp³-hybridized carbons (Fsp3) is 0.200. The van der Waals surface area contributed by atoms with Crippen LogP contribution in [-0.4, -0.2) is 33.4 Å². The van der Waals surface area contributed by atoms with Gasteiger partial charge in [-0.3, -0.25) is 14.5 Å². The number of hydrogen-bond donors (Lipinski definition) is 1. The van der Waals surface area contributed by atoms with E-state index < -0.39 is 10.0 Å². The first-order valence-corrected chi connectivity index (χ1v) is 9.27. The Morgan fingerprint density at radius 3 is 2.83 bits per heavy atom. The van der Waals surface area contributed by atoms with Crippen LogP contribution in [0.4, 0.5) is 0 Å². The van der Waals surface area contributed by atoms with Crippen LogP contribution in [0.25, 0.3) is 0 Å². The zero-order chi connectivity index (χ0) is 16.3. The maximum Gasteiger partial charge on any atom is 0.311 e. The lowest BCUT2D eigenvalue weighted by Gasteiger charge is -2.02. The molecule has 3 rings (SSSR count). The highest BCUT2D eigenvalue weighted by Crippen LogP contribution is 2.21. The normalized spacial score (nSPS) is 16.8. The van der Waals surface area contributed by atoms with Crippen LogP contribution >= 0.6 is 11.3 Å². The number of esters is 1. The smallest absolute Gasteiger partial charge is 0.311 e. The van der Waals surface area contributed by atoms with Crippen molar-refractivity contribution in [1.82, 2.24) is 4.72 Å². The third kappa shape index (κ3) is 3.59. The molecule has 1 aromatic heterocycles. The Morgan fingerprint density at radius 1 is 1.22 bits per heavy atom. The van der Waals surface area contributed by atoms with Crippen molar-refractivity contribution in [2.75, 3.05) is 13.2 Å². The summed E-state index contributed by atoms with van der Waals surface area (Å²) in [5.74, 6) is -0.0324. The van der Waals surface area contributed by atoms with Crippen LogP contribution in [0.15, 0.2) is 51.7 Å². The fourth-order valence-corrected chi connectivity index (χ4v) is 4.12. The Hall–Kier alpha value is -2.19. The van der Waals surface area contributed by atoms with E-state index in [1.807, 2.05) is 17.5 Å². The van der Waals surface area contributed by atoms with Gasteiger partial charge in [-0.05, 0) is 23.6 Å². The number of carbonyl (C=O) groups is 1. The number of amidine groups is 1. The number of sulfonamides is 1. The summed E-state index contributed by atoms with van der Waals surface area (Å²) in [5, 5.41) is 1.90. The molecule has 0 bridgehead atoms. The molecular weight excluding hydrogens is 336 g/mol. The monoisotopic (exact) mass is 350 g/mol. The lowest BCUT2D eigenvalue weighted by Crippen LogP contribution is -2.23. The number of aliphatic imine (C=N–C) groups is 1. The second kappa shape index (κ2) is 6.51. The van der Waals surface area contributed by atoms with Crippen molar-refractivity contribution in [2.24, 2.45) is 4.99 Å². The number of benzene rings is 1. The minimum absolute atomic E-state index is 0.109. The maximum absolute atomic E-state index is 11.9. The second-order valence-electron chi connectivity index (χ2n) is 4.81. The van der Waals surface area contributed by atoms with Gasteiger partial charge in [-0.1, -0.05) is 18.2 Å². The highest BCUT2D eigenvalue weighted by molar-refractivity contribution is 7.90. The summed E-state index contributed by atoms with van der Waals surface area (Å²) in [6.45, 7) is 0.306. The van der Waals surface area contributed by atoms with Gasteiger partial charge in [-0.2, -0.15) is 0 Å². The third-order valence-electron chi connectivity index (χ3n) is 3.19. The fourth-order valence-electron chi connectivity index (χ4n) is 2.17. The molecule has 1 N–H and O–H groups in total. The molecule has 1 aliphatic heterocycles. The predicted octanol–water partition coefficient (Wildman–Crippen LogP) is 1.57. The number of carbonyl (C=O) groups excluding carboxylic acids is 1. The molecule has 0 spiro atoms. The van der Waals surface area contributed by atoms with Crippen LogP contribution in [-0.2, 0) is 26.0 Å². The molecule has 0 saturated heterocycles. The van der Waals surface area contributed by atoms with Crippen molar-refractivity contribution >= 4 is 33.2 Å². The Morgan fingerprint density at radius 2 is 2.04 bits per heavy atom. The second-order valence-corrected chi connectivity index (χ2v) is 7.49. The predicted molar refractivity (Wildman–Crippen MR) is 87.1 cm³/mol. The van der Waals surface area contributed by atoms with E-state index in [1.165, 1.54) is 17.4 Å². The first-order chi connectivity index (χ1) is 11.1. The van der Waals surface area contributed by atoms with Gasteiger partial charge in [0, 0.05) is 10.4 Å². The van der Waals surface area contributed by atoms with Crippen LogP contribution in [0, 0.1) is 0 Å². The third-order valence-corrected chi connectivity index (χ3v) is 5.46. The van der Waals surface area contributed by atoms with Crippen molar-refractivity contribution < 1.29 is 17.9 Å². The average Bonchev–Trinajstić information content (AvgIpc) is 3.11. The molecule has 0 saturated carbocycles. The number of rotatable bonds is 5. The zero-order valence-corrected chi connectivity index (χ0v) is 13.7. The van der Waals surface area contributed by atoms with E-state index in [4.69, 9.17) is 4.74 Å². The summed E-state index contributed by atoms with van der Waals surface area (Å²) in [5.41, 5.74) is 0.539. The topological polar surface area (TPSA) is 84.8 Å². The van der Waals surface area contributed by atoms with E-state index in [2.05, 4.69) is 9.71 Å². The SMILES string of the molecule is O=C(Cc1cccs1)OCCN=C1NS(=O)(=O)c2ccccc21. The van der Waals surface area contributed by atoms with Gasteiger partial charge in [0.2, 0.25) is 0 Å². The molecule has 6 nitrogen and oxygen atoms in total. The van der Waals surface area contributed by atoms with E-state index in [9.17, 15) is 13.2 Å². The Kier molecular flexibility index (Phi) is 4.44. The number of fused-ring (bicyclic) bond motifs is 1. The number of thiophene rings is 1. The molecule has 0 amide bonds. The molecule has 0 fully saturated rings. The minimum Gasteiger partial charge on any atom is -0.463 e. The standard InChI is InChI=1S/C15H14N2O4S2/c18-14(10-11-4-3-9-22-11)21-8-7-16-15-12-5-1-2-6-13(12)23(19,20)17-15/h1-6,9H,7-8,10H2,(H,16,17). The van der Waals surface area contributed by atoms with Gasteiger partial charge in [0.15, 0.2) is 0 Å². The van der Waals surface area contributed by atoms with Gasteiger partial charge < -0.3 is 4.74 Å². The molecular formula is C15H14N2O4S2. The van der Waals surface area contributed by atoms with E-state index in [-0.39, 0.29) is 36.3 Å². The quantitative estimate of drug-likeness (QED) is 0.655. The summed E-state index contributed by atoms with van der Waals surface area (Å²) in [7, 11) is -3.53. The Bertz CT molecular complexity index is 842. The van der Waals surface area contributed by atoms with E-state index in [0.717, 1.165) is 4.88 Å². The molecule has 8 heteroatoms. The molecule has 0 aliphatic carbocycles. The molecule has 120 valence electrons. The average molecular weight is 350 g/mol. The molecule has 1 aromatic carbocycles. The van der Waals surface area contributed by atoms with Gasteiger partial charge in [-0.25, -0.2) is 8.42 Å². The molecule has 23 heavy (non-hydrogen) atoms. The van der Waals surface area contributed by atoms with Gasteiger partial charge in [0.05, 0.1) is 17.9 Å². The van der Waals surface area contributed by atoms with Crippen LogP contribution in [0.2, 0.25) is 0 Å². The summed E-state index contributed by atoms with van der Waals surface area (Å²) < 4.78 is 31.3. The largest absolute Gasteiger partial charge is 0.463 e. The molecule has 2 aromatic rings. The van der Waals surface area contributed by atoms with Crippen LogP contribution in [0.5, 0.6) is 0 Å². The van der Waals surface area contributed by atoms with Gasteiger partial charge in [-0.15, -0.1) is 11.3 Å². The summed E-state index contributed by atoms with van der Waals surface area (Å²) in [4.78, 5) is 17.0. The minimum atomic E-state index is -3.53. The van der Waals surface area contributed by atoms with Gasteiger partial charge in [0.25, 0.3) is 10.0 Å². The van der Waals surface area contributed by atoms with Gasteiger partial charge >= 0.3 is 5.97 Å². The lowest BCUT2D eigenvalue weighted by molar-refractivity contribution is -0.142. The zero-order valence-electron chi connectivity index (χ0n) is 12.1. The molecule has 0 radical (unpaired) electrons.